The van der Waals surface area contributed by atoms with Crippen LogP contribution in [-0.4, -0.2) is 21.3 Å². The van der Waals surface area contributed by atoms with Crippen LogP contribution in [0.3, 0.4) is 0 Å². The van der Waals surface area contributed by atoms with E-state index in [1.807, 2.05) is 48.5 Å². The molecule has 4 rings (SSSR count). The van der Waals surface area contributed by atoms with Crippen molar-refractivity contribution in [2.45, 2.75) is 19.3 Å². The highest BCUT2D eigenvalue weighted by atomic mass is 16.5. The number of carboxylic acid groups (broad SMARTS) is 1. The lowest BCUT2D eigenvalue weighted by Crippen LogP contribution is -1.96. The monoisotopic (exact) mass is 414 g/mol. The molecule has 0 aliphatic carbocycles. The summed E-state index contributed by atoms with van der Waals surface area (Å²) in [6, 6.07) is 23.5. The lowest BCUT2D eigenvalue weighted by Gasteiger charge is -2.15. The molecule has 5 heteroatoms. The Kier molecular flexibility index (Phi) is 5.76. The predicted molar refractivity (Wildman–Crippen MR) is 120 cm³/mol. The van der Waals surface area contributed by atoms with Crippen molar-refractivity contribution in [2.24, 2.45) is 0 Å². The molecule has 5 nitrogen and oxygen atoms in total. The molecule has 0 spiro atoms. The van der Waals surface area contributed by atoms with Crippen molar-refractivity contribution in [1.29, 1.82) is 0 Å². The van der Waals surface area contributed by atoms with Gasteiger partial charge in [0.25, 0.3) is 0 Å². The van der Waals surface area contributed by atoms with Gasteiger partial charge in [-0.1, -0.05) is 30.3 Å². The van der Waals surface area contributed by atoms with Crippen LogP contribution in [0.1, 0.15) is 18.4 Å². The van der Waals surface area contributed by atoms with Crippen molar-refractivity contribution in [1.82, 2.24) is 0 Å². The van der Waals surface area contributed by atoms with Crippen molar-refractivity contribution in [3.8, 4) is 34.1 Å². The van der Waals surface area contributed by atoms with Gasteiger partial charge in [0.15, 0.2) is 0 Å². The normalized spacial score (nSPS) is 10.8. The molecule has 0 saturated heterocycles. The highest BCUT2D eigenvalue weighted by Crippen LogP contribution is 2.41. The quantitative estimate of drug-likeness (QED) is 0.339. The summed E-state index contributed by atoms with van der Waals surface area (Å²) in [7, 11) is 0. The van der Waals surface area contributed by atoms with E-state index in [-0.39, 0.29) is 17.9 Å². The number of hydrogen-bond acceptors (Lipinski definition) is 4. The van der Waals surface area contributed by atoms with E-state index in [0.717, 1.165) is 27.5 Å². The topological polar surface area (TPSA) is 87.0 Å². The Morgan fingerprint density at radius 2 is 1.61 bits per heavy atom. The molecule has 4 aromatic carbocycles. The number of fused-ring (bicyclic) bond motifs is 1. The average molecular weight is 414 g/mol. The van der Waals surface area contributed by atoms with E-state index in [4.69, 9.17) is 9.84 Å². The number of phenolic OH excluding ortho intramolecular Hbond substituents is 2. The van der Waals surface area contributed by atoms with Crippen molar-refractivity contribution in [2.75, 3.05) is 0 Å². The van der Waals surface area contributed by atoms with E-state index < -0.39 is 5.97 Å². The molecule has 0 saturated carbocycles. The summed E-state index contributed by atoms with van der Waals surface area (Å²) in [4.78, 5) is 10.7. The van der Waals surface area contributed by atoms with Crippen LogP contribution in [0.25, 0.3) is 21.9 Å². The van der Waals surface area contributed by atoms with Crippen LogP contribution in [0.2, 0.25) is 0 Å². The maximum atomic E-state index is 10.7. The fourth-order valence-corrected chi connectivity index (χ4v) is 3.59. The van der Waals surface area contributed by atoms with Crippen molar-refractivity contribution in [3.05, 3.63) is 84.4 Å². The van der Waals surface area contributed by atoms with E-state index >= 15 is 0 Å². The zero-order valence-electron chi connectivity index (χ0n) is 16.8. The Hall–Kier alpha value is -3.99. The third kappa shape index (κ3) is 4.78. The first-order valence-corrected chi connectivity index (χ1v) is 10.0. The number of rotatable bonds is 7. The maximum absolute atomic E-state index is 10.7. The minimum Gasteiger partial charge on any atom is -0.508 e. The zero-order chi connectivity index (χ0) is 21.8. The molecule has 31 heavy (non-hydrogen) atoms. The van der Waals surface area contributed by atoms with Gasteiger partial charge < -0.3 is 20.1 Å². The highest BCUT2D eigenvalue weighted by molar-refractivity contribution is 5.96. The van der Waals surface area contributed by atoms with Gasteiger partial charge in [-0.15, -0.1) is 0 Å². The zero-order valence-corrected chi connectivity index (χ0v) is 16.8. The van der Waals surface area contributed by atoms with Gasteiger partial charge in [-0.2, -0.15) is 0 Å². The second-order valence-electron chi connectivity index (χ2n) is 7.39. The summed E-state index contributed by atoms with van der Waals surface area (Å²) < 4.78 is 6.30. The first-order chi connectivity index (χ1) is 15.0. The van der Waals surface area contributed by atoms with Crippen LogP contribution in [0.5, 0.6) is 23.0 Å². The lowest BCUT2D eigenvalue weighted by molar-refractivity contribution is -0.137. The molecular formula is C26H22O5. The summed E-state index contributed by atoms with van der Waals surface area (Å²) in [6.07, 6.45) is 1.42. The van der Waals surface area contributed by atoms with E-state index in [2.05, 4.69) is 0 Å². The van der Waals surface area contributed by atoms with Gasteiger partial charge in [-0.05, 0) is 77.9 Å². The third-order valence-electron chi connectivity index (χ3n) is 5.11. The molecule has 156 valence electrons. The summed E-state index contributed by atoms with van der Waals surface area (Å²) in [5.74, 6) is 0.821. The van der Waals surface area contributed by atoms with E-state index in [1.54, 1.807) is 30.3 Å². The molecule has 0 radical (unpaired) electrons. The van der Waals surface area contributed by atoms with Gasteiger partial charge in [-0.3, -0.25) is 4.79 Å². The second-order valence-corrected chi connectivity index (χ2v) is 7.39. The number of carbonyl (C=O) groups is 1. The molecule has 4 aromatic rings. The molecule has 0 amide bonds. The van der Waals surface area contributed by atoms with Crippen molar-refractivity contribution < 1.29 is 24.9 Å². The number of aliphatic carboxylic acids is 1. The molecule has 0 atom stereocenters. The first kappa shape index (κ1) is 20.3. The van der Waals surface area contributed by atoms with Gasteiger partial charge in [0.1, 0.15) is 23.0 Å². The molecule has 0 unspecified atom stereocenters. The summed E-state index contributed by atoms with van der Waals surface area (Å²) in [5, 5.41) is 30.3. The number of benzene rings is 4. The van der Waals surface area contributed by atoms with Crippen LogP contribution < -0.4 is 4.74 Å². The van der Waals surface area contributed by atoms with Crippen LogP contribution >= 0.6 is 0 Å². The average Bonchev–Trinajstić information content (AvgIpc) is 2.74. The van der Waals surface area contributed by atoms with E-state index in [0.29, 0.717) is 24.3 Å². The number of phenols is 2. The Morgan fingerprint density at radius 1 is 0.839 bits per heavy atom. The Bertz CT molecular complexity index is 1230. The smallest absolute Gasteiger partial charge is 0.303 e. The minimum atomic E-state index is -0.790. The summed E-state index contributed by atoms with van der Waals surface area (Å²) in [5.41, 5.74) is 2.68. The number of carboxylic acids is 1. The third-order valence-corrected chi connectivity index (χ3v) is 5.11. The van der Waals surface area contributed by atoms with Gasteiger partial charge >= 0.3 is 5.97 Å². The number of aryl methyl sites for hydroxylation is 1. The fraction of sp³-hybridized carbons (Fsp3) is 0.115. The SMILES string of the molecule is O=C(O)CCCc1ccc(Oc2c(-c3cccc(O)c3)ccc3cc(O)ccc23)cc1. The van der Waals surface area contributed by atoms with Crippen molar-refractivity contribution in [3.63, 3.8) is 0 Å². The molecule has 0 aromatic heterocycles. The standard InChI is InChI=1S/C26H22O5/c27-20-5-2-4-18(15-20)23-13-9-19-16-21(28)10-14-24(19)26(23)31-22-11-7-17(8-12-22)3-1-6-25(29)30/h2,4-5,7-16,27-28H,1,3,6H2,(H,29,30). The Morgan fingerprint density at radius 3 is 2.35 bits per heavy atom. The maximum Gasteiger partial charge on any atom is 0.303 e. The number of ether oxygens (including phenoxy) is 1. The van der Waals surface area contributed by atoms with Crippen LogP contribution in [0.4, 0.5) is 0 Å². The Labute approximate surface area is 179 Å². The first-order valence-electron chi connectivity index (χ1n) is 10.0. The minimum absolute atomic E-state index is 0.147. The number of hydrogen-bond donors (Lipinski definition) is 3. The number of aromatic hydroxyl groups is 2. The van der Waals surface area contributed by atoms with Crippen LogP contribution in [0, 0.1) is 0 Å². The molecule has 3 N–H and O–H groups in total. The van der Waals surface area contributed by atoms with E-state index in [1.165, 1.54) is 0 Å². The van der Waals surface area contributed by atoms with Crippen LogP contribution in [-0.2, 0) is 11.2 Å². The van der Waals surface area contributed by atoms with Gasteiger partial charge in [0.05, 0.1) is 0 Å². The largest absolute Gasteiger partial charge is 0.508 e. The van der Waals surface area contributed by atoms with Gasteiger partial charge in [0.2, 0.25) is 0 Å². The van der Waals surface area contributed by atoms with Gasteiger partial charge in [0, 0.05) is 17.4 Å². The molecule has 0 fully saturated rings. The lowest BCUT2D eigenvalue weighted by atomic mass is 9.99. The van der Waals surface area contributed by atoms with Crippen LogP contribution in [0.15, 0.2) is 78.9 Å². The predicted octanol–water partition coefficient (Wildman–Crippen LogP) is 6.12. The molecule has 0 bridgehead atoms. The molecule has 0 heterocycles. The van der Waals surface area contributed by atoms with Crippen molar-refractivity contribution >= 4 is 16.7 Å². The molecule has 0 aliphatic rings. The molecular weight excluding hydrogens is 392 g/mol. The summed E-state index contributed by atoms with van der Waals surface area (Å²) >= 11 is 0. The highest BCUT2D eigenvalue weighted by Gasteiger charge is 2.13. The summed E-state index contributed by atoms with van der Waals surface area (Å²) in [6.45, 7) is 0. The van der Waals surface area contributed by atoms with Gasteiger partial charge in [-0.25, -0.2) is 0 Å². The second kappa shape index (κ2) is 8.79. The van der Waals surface area contributed by atoms with E-state index in [9.17, 15) is 15.0 Å². The molecule has 0 aliphatic heterocycles. The fourth-order valence-electron chi connectivity index (χ4n) is 3.59. The Balaban J connectivity index is 1.70.